The van der Waals surface area contributed by atoms with E-state index in [1.165, 1.54) is 0 Å². The number of rotatable bonds is 3. The van der Waals surface area contributed by atoms with Crippen LogP contribution in [0.3, 0.4) is 0 Å². The summed E-state index contributed by atoms with van der Waals surface area (Å²) in [6.45, 7) is 1.18. The standard InChI is InChI=1S/C12H14F4N2O2S.ClH/c13-11-4-3-9(6-10(11)12(14,15)16)21(19,20)18-8-2-1-5-17-7-8;/h3-4,6,8,17-18H,1-2,5,7H2;1H. The molecule has 0 spiro atoms. The first-order chi connectivity index (χ1) is 9.70. The average Bonchev–Trinajstić information content (AvgIpc) is 2.38. The Bertz CT molecular complexity index is 616. The predicted molar refractivity (Wildman–Crippen MR) is 74.9 cm³/mol. The van der Waals surface area contributed by atoms with Crippen LogP contribution in [0, 0.1) is 5.82 Å². The molecule has 0 amide bonds. The van der Waals surface area contributed by atoms with E-state index in [1.54, 1.807) is 0 Å². The predicted octanol–water partition coefficient (Wildman–Crippen LogP) is 2.30. The quantitative estimate of drug-likeness (QED) is 0.811. The van der Waals surface area contributed by atoms with Gasteiger partial charge in [0.05, 0.1) is 10.5 Å². The van der Waals surface area contributed by atoms with Crippen molar-refractivity contribution in [3.05, 3.63) is 29.6 Å². The van der Waals surface area contributed by atoms with Gasteiger partial charge in [-0.2, -0.15) is 13.2 Å². The van der Waals surface area contributed by atoms with E-state index in [1.807, 2.05) is 0 Å². The topological polar surface area (TPSA) is 58.2 Å². The second-order valence-electron chi connectivity index (χ2n) is 4.80. The SMILES string of the molecule is Cl.O=S(=O)(NC1CCCNC1)c1ccc(F)c(C(F)(F)F)c1. The molecule has 22 heavy (non-hydrogen) atoms. The van der Waals surface area contributed by atoms with Gasteiger partial charge in [-0.1, -0.05) is 0 Å². The van der Waals surface area contributed by atoms with E-state index >= 15 is 0 Å². The summed E-state index contributed by atoms with van der Waals surface area (Å²) in [6, 6.07) is 1.26. The van der Waals surface area contributed by atoms with Crippen molar-refractivity contribution in [3.63, 3.8) is 0 Å². The number of nitrogens with one attached hydrogen (secondary N) is 2. The third kappa shape index (κ3) is 4.55. The summed E-state index contributed by atoms with van der Waals surface area (Å²) >= 11 is 0. The zero-order valence-electron chi connectivity index (χ0n) is 11.3. The van der Waals surface area contributed by atoms with Crippen molar-refractivity contribution in [2.45, 2.75) is 30.0 Å². The summed E-state index contributed by atoms with van der Waals surface area (Å²) in [5.74, 6) is -1.50. The molecule has 1 heterocycles. The van der Waals surface area contributed by atoms with Crippen LogP contribution in [0.15, 0.2) is 23.1 Å². The Morgan fingerprint density at radius 3 is 2.50 bits per heavy atom. The fourth-order valence-corrected chi connectivity index (χ4v) is 3.42. The largest absolute Gasteiger partial charge is 0.419 e. The zero-order chi connectivity index (χ0) is 15.7. The molecule has 0 aliphatic carbocycles. The van der Waals surface area contributed by atoms with Crippen LogP contribution in [-0.4, -0.2) is 27.5 Å². The van der Waals surface area contributed by atoms with E-state index in [4.69, 9.17) is 0 Å². The van der Waals surface area contributed by atoms with Gasteiger partial charge in [0, 0.05) is 12.6 Å². The lowest BCUT2D eigenvalue weighted by Crippen LogP contribution is -2.45. The van der Waals surface area contributed by atoms with Crippen molar-refractivity contribution in [2.24, 2.45) is 0 Å². The van der Waals surface area contributed by atoms with Crippen molar-refractivity contribution in [1.82, 2.24) is 10.0 Å². The first-order valence-corrected chi connectivity index (χ1v) is 7.78. The van der Waals surface area contributed by atoms with E-state index in [0.717, 1.165) is 19.0 Å². The molecular weight excluding hydrogens is 348 g/mol. The highest BCUT2D eigenvalue weighted by molar-refractivity contribution is 7.89. The fourth-order valence-electron chi connectivity index (χ4n) is 2.13. The highest BCUT2D eigenvalue weighted by Crippen LogP contribution is 2.32. The van der Waals surface area contributed by atoms with Gasteiger partial charge >= 0.3 is 6.18 Å². The molecule has 0 saturated carbocycles. The third-order valence-corrected chi connectivity index (χ3v) is 4.69. The summed E-state index contributed by atoms with van der Waals surface area (Å²) in [4.78, 5) is -0.596. The van der Waals surface area contributed by atoms with Gasteiger partial charge in [0.15, 0.2) is 0 Å². The zero-order valence-corrected chi connectivity index (χ0v) is 12.9. The first-order valence-electron chi connectivity index (χ1n) is 6.30. The molecule has 2 N–H and O–H groups in total. The molecule has 1 atom stereocenters. The molecule has 0 bridgehead atoms. The van der Waals surface area contributed by atoms with Gasteiger partial charge in [0.2, 0.25) is 10.0 Å². The number of benzene rings is 1. The normalized spacial score (nSPS) is 19.5. The lowest BCUT2D eigenvalue weighted by Gasteiger charge is -2.23. The number of hydrogen-bond acceptors (Lipinski definition) is 3. The first kappa shape index (κ1) is 19.1. The number of sulfonamides is 1. The van der Waals surface area contributed by atoms with Crippen LogP contribution in [0.1, 0.15) is 18.4 Å². The van der Waals surface area contributed by atoms with Crippen LogP contribution in [0.2, 0.25) is 0 Å². The molecule has 4 nitrogen and oxygen atoms in total. The van der Waals surface area contributed by atoms with Crippen LogP contribution in [0.5, 0.6) is 0 Å². The number of alkyl halides is 3. The summed E-state index contributed by atoms with van der Waals surface area (Å²) in [5.41, 5.74) is -1.59. The van der Waals surface area contributed by atoms with E-state index in [9.17, 15) is 26.0 Å². The van der Waals surface area contributed by atoms with E-state index in [0.29, 0.717) is 25.1 Å². The second-order valence-corrected chi connectivity index (χ2v) is 6.52. The third-order valence-electron chi connectivity index (χ3n) is 3.17. The highest BCUT2D eigenvalue weighted by Gasteiger charge is 2.35. The van der Waals surface area contributed by atoms with Crippen molar-refractivity contribution in [3.8, 4) is 0 Å². The Labute approximate surface area is 131 Å². The van der Waals surface area contributed by atoms with E-state index in [2.05, 4.69) is 10.0 Å². The van der Waals surface area contributed by atoms with Gasteiger partial charge in [0.1, 0.15) is 5.82 Å². The molecule has 10 heteroatoms. The minimum absolute atomic E-state index is 0. The minimum atomic E-state index is -4.94. The van der Waals surface area contributed by atoms with Gasteiger partial charge in [-0.15, -0.1) is 12.4 Å². The molecule has 0 aromatic heterocycles. The van der Waals surface area contributed by atoms with Crippen LogP contribution in [0.4, 0.5) is 17.6 Å². The van der Waals surface area contributed by atoms with Crippen molar-refractivity contribution in [1.29, 1.82) is 0 Å². The molecule has 126 valence electrons. The highest BCUT2D eigenvalue weighted by atomic mass is 35.5. The maximum Gasteiger partial charge on any atom is 0.419 e. The lowest BCUT2D eigenvalue weighted by molar-refractivity contribution is -0.140. The minimum Gasteiger partial charge on any atom is -0.315 e. The summed E-state index contributed by atoms with van der Waals surface area (Å²) < 4.78 is 77.5. The van der Waals surface area contributed by atoms with Gasteiger partial charge in [-0.05, 0) is 37.6 Å². The Hall–Kier alpha value is -0.900. The Kier molecular flexibility index (Phi) is 6.19. The molecule has 1 fully saturated rings. The number of halogens is 5. The molecule has 1 aromatic rings. The molecule has 2 rings (SSSR count). The smallest absolute Gasteiger partial charge is 0.315 e. The molecule has 1 aromatic carbocycles. The Balaban J connectivity index is 0.00000242. The van der Waals surface area contributed by atoms with Crippen LogP contribution < -0.4 is 10.0 Å². The maximum absolute atomic E-state index is 13.2. The summed E-state index contributed by atoms with van der Waals surface area (Å²) in [6.07, 6.45) is -3.58. The Morgan fingerprint density at radius 1 is 1.27 bits per heavy atom. The molecule has 1 aliphatic heterocycles. The maximum atomic E-state index is 13.2. The van der Waals surface area contributed by atoms with Gasteiger partial charge in [-0.3, -0.25) is 0 Å². The summed E-state index contributed by atoms with van der Waals surface area (Å²) in [7, 11) is -4.12. The molecule has 0 radical (unpaired) electrons. The van der Waals surface area contributed by atoms with Gasteiger partial charge in [-0.25, -0.2) is 17.5 Å². The van der Waals surface area contributed by atoms with Crippen molar-refractivity contribution < 1.29 is 26.0 Å². The lowest BCUT2D eigenvalue weighted by atomic mass is 10.1. The van der Waals surface area contributed by atoms with Gasteiger partial charge in [0.25, 0.3) is 0 Å². The van der Waals surface area contributed by atoms with Crippen LogP contribution in [0.25, 0.3) is 0 Å². The van der Waals surface area contributed by atoms with Crippen LogP contribution in [-0.2, 0) is 16.2 Å². The summed E-state index contributed by atoms with van der Waals surface area (Å²) in [5, 5.41) is 2.99. The number of piperidine rings is 1. The van der Waals surface area contributed by atoms with E-state index < -0.39 is 32.5 Å². The van der Waals surface area contributed by atoms with Gasteiger partial charge < -0.3 is 5.32 Å². The molecular formula is C12H15ClF4N2O2S. The monoisotopic (exact) mass is 362 g/mol. The van der Waals surface area contributed by atoms with Crippen molar-refractivity contribution >= 4 is 22.4 Å². The average molecular weight is 363 g/mol. The fraction of sp³-hybridized carbons (Fsp3) is 0.500. The Morgan fingerprint density at radius 2 is 1.95 bits per heavy atom. The van der Waals surface area contributed by atoms with Crippen molar-refractivity contribution in [2.75, 3.05) is 13.1 Å². The second kappa shape index (κ2) is 7.12. The van der Waals surface area contributed by atoms with E-state index in [-0.39, 0.29) is 18.4 Å². The molecule has 1 aliphatic rings. The molecule has 1 saturated heterocycles. The number of hydrogen-bond donors (Lipinski definition) is 2. The molecule has 1 unspecified atom stereocenters. The van der Waals surface area contributed by atoms with Crippen LogP contribution >= 0.6 is 12.4 Å².